The monoisotopic (exact) mass is 394 g/mol. The normalized spacial score (nSPS) is 15.3. The van der Waals surface area contributed by atoms with Gasteiger partial charge in [-0.1, -0.05) is 30.3 Å². The molecule has 0 bridgehead atoms. The van der Waals surface area contributed by atoms with E-state index in [-0.39, 0.29) is 5.75 Å². The van der Waals surface area contributed by atoms with Crippen LogP contribution in [0.2, 0.25) is 0 Å². The third-order valence-electron chi connectivity index (χ3n) is 4.91. The first-order valence-electron chi connectivity index (χ1n) is 9.48. The van der Waals surface area contributed by atoms with Crippen LogP contribution in [0.1, 0.15) is 25.1 Å². The highest BCUT2D eigenvalue weighted by molar-refractivity contribution is 5.87. The Morgan fingerprint density at radius 2 is 1.93 bits per heavy atom. The molecule has 1 aliphatic rings. The summed E-state index contributed by atoms with van der Waals surface area (Å²) in [5, 5.41) is 18.6. The topological polar surface area (TPSA) is 91.6 Å². The van der Waals surface area contributed by atoms with Crippen LogP contribution < -0.4 is 4.90 Å². The van der Waals surface area contributed by atoms with Crippen molar-refractivity contribution in [2.24, 2.45) is 0 Å². The molecule has 1 fully saturated rings. The fraction of sp³-hybridized carbons (Fsp3) is 0.318. The lowest BCUT2D eigenvalue weighted by Gasteiger charge is -2.28. The van der Waals surface area contributed by atoms with Crippen LogP contribution in [0, 0.1) is 5.41 Å². The fourth-order valence-corrected chi connectivity index (χ4v) is 3.00. The molecule has 1 aromatic carbocycles. The van der Waals surface area contributed by atoms with E-state index in [4.69, 9.17) is 14.9 Å². The minimum atomic E-state index is 0.0297. The van der Waals surface area contributed by atoms with E-state index in [1.165, 1.54) is 6.21 Å². The molecule has 0 atom stereocenters. The molecule has 7 heteroatoms. The molecule has 0 unspecified atom stereocenters. The van der Waals surface area contributed by atoms with Crippen LogP contribution in [-0.2, 0) is 9.47 Å². The maximum absolute atomic E-state index is 10.9. The number of anilines is 1. The van der Waals surface area contributed by atoms with Crippen molar-refractivity contribution >= 4 is 18.1 Å². The second-order valence-corrected chi connectivity index (χ2v) is 6.71. The predicted octanol–water partition coefficient (Wildman–Crippen LogP) is 3.64. The summed E-state index contributed by atoms with van der Waals surface area (Å²) < 4.78 is 10.7. The lowest BCUT2D eigenvalue weighted by molar-refractivity contribution is 0.122. The van der Waals surface area contributed by atoms with Gasteiger partial charge in [0.2, 0.25) is 0 Å². The van der Waals surface area contributed by atoms with Crippen molar-refractivity contribution < 1.29 is 14.6 Å². The number of nitrogens with one attached hydrogen (secondary N) is 1. The number of allylic oxidation sites excluding steroid dienone is 3. The molecule has 0 saturated carbocycles. The van der Waals surface area contributed by atoms with E-state index in [9.17, 15) is 5.11 Å². The van der Waals surface area contributed by atoms with Crippen LogP contribution in [0.5, 0.6) is 5.75 Å². The number of hydrogen-bond acceptors (Lipinski definition) is 7. The smallest absolute Gasteiger partial charge is 0.184 e. The van der Waals surface area contributed by atoms with Crippen molar-refractivity contribution in [1.82, 2.24) is 9.97 Å². The zero-order chi connectivity index (χ0) is 20.8. The number of methoxy groups -OCH3 is 1. The minimum Gasteiger partial charge on any atom is -0.503 e. The van der Waals surface area contributed by atoms with Crippen LogP contribution in [0.4, 0.5) is 5.82 Å². The number of aromatic hydroxyl groups is 1. The minimum absolute atomic E-state index is 0.0297. The van der Waals surface area contributed by atoms with Gasteiger partial charge in [-0.25, -0.2) is 9.97 Å². The summed E-state index contributed by atoms with van der Waals surface area (Å²) in [6.07, 6.45) is 4.90. The summed E-state index contributed by atoms with van der Waals surface area (Å²) in [6.45, 7) is 6.25. The van der Waals surface area contributed by atoms with Crippen LogP contribution >= 0.6 is 0 Å². The van der Waals surface area contributed by atoms with E-state index >= 15 is 0 Å². The van der Waals surface area contributed by atoms with Crippen molar-refractivity contribution in [3.63, 3.8) is 0 Å². The molecule has 1 saturated heterocycles. The Morgan fingerprint density at radius 3 is 2.62 bits per heavy atom. The molecule has 3 rings (SSSR count). The lowest BCUT2D eigenvalue weighted by Crippen LogP contribution is -2.37. The molecule has 0 amide bonds. The number of hydrogen-bond donors (Lipinski definition) is 2. The van der Waals surface area contributed by atoms with Gasteiger partial charge in [-0.15, -0.1) is 0 Å². The van der Waals surface area contributed by atoms with Gasteiger partial charge in [-0.05, 0) is 25.5 Å². The van der Waals surface area contributed by atoms with Crippen molar-refractivity contribution in [3.05, 3.63) is 52.9 Å². The van der Waals surface area contributed by atoms with Crippen molar-refractivity contribution in [1.29, 1.82) is 5.41 Å². The molecule has 1 aromatic heterocycles. The van der Waals surface area contributed by atoms with Crippen molar-refractivity contribution in [3.8, 4) is 17.1 Å². The molecule has 0 aliphatic carbocycles. The highest BCUT2D eigenvalue weighted by Crippen LogP contribution is 2.33. The lowest BCUT2D eigenvalue weighted by atomic mass is 10.1. The first-order chi connectivity index (χ1) is 14.0. The van der Waals surface area contributed by atoms with Crippen molar-refractivity contribution in [2.75, 3.05) is 38.3 Å². The van der Waals surface area contributed by atoms with E-state index in [1.54, 1.807) is 13.2 Å². The first kappa shape index (κ1) is 20.5. The second kappa shape index (κ2) is 9.34. The highest BCUT2D eigenvalue weighted by atomic mass is 16.5. The van der Waals surface area contributed by atoms with Crippen LogP contribution in [-0.4, -0.2) is 54.7 Å². The summed E-state index contributed by atoms with van der Waals surface area (Å²) in [5.41, 5.74) is 2.80. The van der Waals surface area contributed by atoms with E-state index in [0.29, 0.717) is 49.2 Å². The number of benzene rings is 1. The molecule has 2 aromatic rings. The zero-order valence-electron chi connectivity index (χ0n) is 17.0. The van der Waals surface area contributed by atoms with Crippen molar-refractivity contribution in [2.45, 2.75) is 13.8 Å². The second-order valence-electron chi connectivity index (χ2n) is 6.71. The maximum atomic E-state index is 10.9. The van der Waals surface area contributed by atoms with Gasteiger partial charge in [0, 0.05) is 30.4 Å². The number of rotatable bonds is 6. The van der Waals surface area contributed by atoms with E-state index in [1.807, 2.05) is 49.1 Å². The summed E-state index contributed by atoms with van der Waals surface area (Å²) in [5.74, 6) is 1.76. The molecular weight excluding hydrogens is 368 g/mol. The van der Waals surface area contributed by atoms with Gasteiger partial charge in [-0.3, -0.25) is 0 Å². The van der Waals surface area contributed by atoms with Crippen LogP contribution in [0.15, 0.2) is 41.7 Å². The zero-order valence-corrected chi connectivity index (χ0v) is 17.0. The quantitative estimate of drug-likeness (QED) is 0.442. The average Bonchev–Trinajstić information content (AvgIpc) is 2.78. The van der Waals surface area contributed by atoms with E-state index in [2.05, 4.69) is 9.97 Å². The molecule has 0 spiro atoms. The third-order valence-corrected chi connectivity index (χ3v) is 4.91. The Balaban J connectivity index is 2.14. The summed E-state index contributed by atoms with van der Waals surface area (Å²) in [7, 11) is 1.62. The average molecular weight is 394 g/mol. The molecule has 152 valence electrons. The Labute approximate surface area is 170 Å². The molecule has 2 heterocycles. The fourth-order valence-electron chi connectivity index (χ4n) is 3.00. The first-order valence-corrected chi connectivity index (χ1v) is 9.48. The Bertz CT molecular complexity index is 947. The molecule has 1 aliphatic heterocycles. The molecule has 7 nitrogen and oxygen atoms in total. The predicted molar refractivity (Wildman–Crippen MR) is 114 cm³/mol. The maximum Gasteiger partial charge on any atom is 0.184 e. The SMILES string of the molecule is CO/C(C)=C(C)\C=C\c1nc(-c2ccccc2C=N)nc(N2CCOCC2)c1O. The summed E-state index contributed by atoms with van der Waals surface area (Å²) >= 11 is 0. The third kappa shape index (κ3) is 4.63. The number of ether oxygens (including phenoxy) is 2. The molecule has 0 radical (unpaired) electrons. The van der Waals surface area contributed by atoms with Gasteiger partial charge in [-0.2, -0.15) is 0 Å². The number of morpholine rings is 1. The number of aromatic nitrogens is 2. The van der Waals surface area contributed by atoms with Gasteiger partial charge in [0.15, 0.2) is 17.4 Å². The summed E-state index contributed by atoms with van der Waals surface area (Å²) in [4.78, 5) is 11.2. The largest absolute Gasteiger partial charge is 0.503 e. The Hall–Kier alpha value is -3.19. The van der Waals surface area contributed by atoms with Crippen LogP contribution in [0.25, 0.3) is 17.5 Å². The van der Waals surface area contributed by atoms with Gasteiger partial charge in [0.25, 0.3) is 0 Å². The molecule has 29 heavy (non-hydrogen) atoms. The standard InChI is InChI=1S/C22H26N4O3/c1-15(16(2)28-3)8-9-19-20(27)22(26-10-12-29-13-11-26)25-21(24-19)18-7-5-4-6-17(18)14-23/h4-9,14,23,27H,10-13H2,1-3H3/b9-8+,16-15-,23-14?. The van der Waals surface area contributed by atoms with Gasteiger partial charge >= 0.3 is 0 Å². The highest BCUT2D eigenvalue weighted by Gasteiger charge is 2.21. The Kier molecular flexibility index (Phi) is 6.61. The van der Waals surface area contributed by atoms with Gasteiger partial charge in [0.1, 0.15) is 5.69 Å². The number of nitrogens with zero attached hydrogens (tertiary/aromatic N) is 3. The van der Waals surface area contributed by atoms with E-state index < -0.39 is 0 Å². The Morgan fingerprint density at radius 1 is 1.21 bits per heavy atom. The molecule has 2 N–H and O–H groups in total. The van der Waals surface area contributed by atoms with Gasteiger partial charge < -0.3 is 24.9 Å². The van der Waals surface area contributed by atoms with E-state index in [0.717, 1.165) is 16.9 Å². The summed E-state index contributed by atoms with van der Waals surface area (Å²) in [6, 6.07) is 7.48. The van der Waals surface area contributed by atoms with Crippen LogP contribution in [0.3, 0.4) is 0 Å². The molecular formula is C22H26N4O3. The van der Waals surface area contributed by atoms with Gasteiger partial charge in [0.05, 0.1) is 26.1 Å².